The van der Waals surface area contributed by atoms with E-state index in [1.807, 2.05) is 62.4 Å². The second kappa shape index (κ2) is 7.75. The molecule has 0 aliphatic heterocycles. The van der Waals surface area contributed by atoms with Gasteiger partial charge in [-0.1, -0.05) is 47.5 Å². The van der Waals surface area contributed by atoms with E-state index in [-0.39, 0.29) is 5.91 Å². The molecule has 25 heavy (non-hydrogen) atoms. The number of nitrogens with zero attached hydrogens (tertiary/aromatic N) is 2. The molecule has 1 heterocycles. The number of aryl methyl sites for hydroxylation is 3. The Hall–Kier alpha value is -2.95. The Morgan fingerprint density at radius 1 is 0.960 bits per heavy atom. The quantitative estimate of drug-likeness (QED) is 0.747. The van der Waals surface area contributed by atoms with E-state index in [1.54, 1.807) is 0 Å². The lowest BCUT2D eigenvalue weighted by atomic mass is 10.1. The Labute approximate surface area is 147 Å². The molecule has 0 radical (unpaired) electrons. The molecule has 0 unspecified atom stereocenters. The van der Waals surface area contributed by atoms with Gasteiger partial charge in [-0.2, -0.15) is 0 Å². The summed E-state index contributed by atoms with van der Waals surface area (Å²) in [7, 11) is 0. The number of hydrogen-bond donors (Lipinski definition) is 1. The van der Waals surface area contributed by atoms with Crippen LogP contribution >= 0.6 is 0 Å². The largest absolute Gasteiger partial charge is 0.421 e. The van der Waals surface area contributed by atoms with E-state index < -0.39 is 0 Å². The zero-order chi connectivity index (χ0) is 17.6. The van der Waals surface area contributed by atoms with Crippen LogP contribution in [0.3, 0.4) is 0 Å². The van der Waals surface area contributed by atoms with Crippen LogP contribution in [-0.4, -0.2) is 16.1 Å². The van der Waals surface area contributed by atoms with E-state index in [0.717, 1.165) is 11.1 Å². The summed E-state index contributed by atoms with van der Waals surface area (Å²) < 4.78 is 5.63. The Kier molecular flexibility index (Phi) is 5.23. The molecule has 1 N–H and O–H groups in total. The zero-order valence-corrected chi connectivity index (χ0v) is 14.5. The molecule has 2 aromatic carbocycles. The number of benzene rings is 2. The Morgan fingerprint density at radius 3 is 2.28 bits per heavy atom. The fourth-order valence-corrected chi connectivity index (χ4v) is 2.38. The van der Waals surface area contributed by atoms with Gasteiger partial charge in [-0.25, -0.2) is 0 Å². The number of rotatable bonds is 6. The highest BCUT2D eigenvalue weighted by molar-refractivity contribution is 5.76. The standard InChI is InChI=1S/C20H21N3O2/c1-14-3-7-16(8-4-14)13-21-18(24)11-12-19-22-23-20(25-19)17-9-5-15(2)6-10-17/h3-10H,11-13H2,1-2H3,(H,21,24). The number of amides is 1. The molecular weight excluding hydrogens is 314 g/mol. The first-order valence-electron chi connectivity index (χ1n) is 8.32. The summed E-state index contributed by atoms with van der Waals surface area (Å²) in [4.78, 5) is 12.0. The van der Waals surface area contributed by atoms with Crippen molar-refractivity contribution in [1.29, 1.82) is 0 Å². The molecule has 0 atom stereocenters. The predicted octanol–water partition coefficient (Wildman–Crippen LogP) is 3.60. The minimum atomic E-state index is -0.0318. The summed E-state index contributed by atoms with van der Waals surface area (Å²) in [6, 6.07) is 16.0. The van der Waals surface area contributed by atoms with Crippen molar-refractivity contribution in [3.63, 3.8) is 0 Å². The number of carbonyl (C=O) groups excluding carboxylic acids is 1. The highest BCUT2D eigenvalue weighted by atomic mass is 16.4. The molecule has 5 nitrogen and oxygen atoms in total. The number of nitrogens with one attached hydrogen (secondary N) is 1. The topological polar surface area (TPSA) is 68.0 Å². The Balaban J connectivity index is 1.49. The van der Waals surface area contributed by atoms with Crippen molar-refractivity contribution >= 4 is 5.91 Å². The molecule has 0 aliphatic rings. The van der Waals surface area contributed by atoms with Crippen molar-refractivity contribution in [2.75, 3.05) is 0 Å². The van der Waals surface area contributed by atoms with Crippen LogP contribution in [0.25, 0.3) is 11.5 Å². The molecule has 0 aliphatic carbocycles. The number of carbonyl (C=O) groups is 1. The molecule has 3 aromatic rings. The van der Waals surface area contributed by atoms with Crippen molar-refractivity contribution in [2.45, 2.75) is 33.2 Å². The Bertz CT molecular complexity index is 836. The molecule has 0 fully saturated rings. The van der Waals surface area contributed by atoms with Crippen LogP contribution in [0.2, 0.25) is 0 Å². The molecule has 0 spiro atoms. The first-order valence-corrected chi connectivity index (χ1v) is 8.32. The van der Waals surface area contributed by atoms with Crippen molar-refractivity contribution in [3.05, 3.63) is 71.1 Å². The summed E-state index contributed by atoms with van der Waals surface area (Å²) in [5.41, 5.74) is 4.34. The van der Waals surface area contributed by atoms with E-state index in [2.05, 4.69) is 15.5 Å². The minimum Gasteiger partial charge on any atom is -0.421 e. The van der Waals surface area contributed by atoms with Crippen LogP contribution in [0.1, 0.15) is 29.0 Å². The smallest absolute Gasteiger partial charge is 0.247 e. The van der Waals surface area contributed by atoms with Crippen molar-refractivity contribution in [2.24, 2.45) is 0 Å². The normalized spacial score (nSPS) is 10.6. The molecule has 3 rings (SSSR count). The van der Waals surface area contributed by atoms with Crippen molar-refractivity contribution < 1.29 is 9.21 Å². The van der Waals surface area contributed by atoms with Crippen LogP contribution in [0, 0.1) is 13.8 Å². The molecular formula is C20H21N3O2. The highest BCUT2D eigenvalue weighted by Crippen LogP contribution is 2.18. The van der Waals surface area contributed by atoms with E-state index >= 15 is 0 Å². The number of hydrogen-bond acceptors (Lipinski definition) is 4. The van der Waals surface area contributed by atoms with Gasteiger partial charge in [0.05, 0.1) is 0 Å². The van der Waals surface area contributed by atoms with Gasteiger partial charge in [0.2, 0.25) is 17.7 Å². The molecule has 128 valence electrons. The lowest BCUT2D eigenvalue weighted by Gasteiger charge is -2.04. The summed E-state index contributed by atoms with van der Waals surface area (Å²) in [6.45, 7) is 4.59. The van der Waals surface area contributed by atoms with Gasteiger partial charge in [-0.05, 0) is 31.5 Å². The molecule has 0 saturated carbocycles. The predicted molar refractivity (Wildman–Crippen MR) is 95.8 cm³/mol. The average molecular weight is 335 g/mol. The first-order chi connectivity index (χ1) is 12.1. The van der Waals surface area contributed by atoms with Crippen LogP contribution in [0.5, 0.6) is 0 Å². The van der Waals surface area contributed by atoms with Gasteiger partial charge in [0.15, 0.2) is 0 Å². The van der Waals surface area contributed by atoms with E-state index in [0.29, 0.717) is 31.2 Å². The summed E-state index contributed by atoms with van der Waals surface area (Å²) in [5, 5.41) is 11.0. The van der Waals surface area contributed by atoms with Gasteiger partial charge < -0.3 is 9.73 Å². The van der Waals surface area contributed by atoms with Gasteiger partial charge in [-0.3, -0.25) is 4.79 Å². The first kappa shape index (κ1) is 16.9. The maximum Gasteiger partial charge on any atom is 0.247 e. The van der Waals surface area contributed by atoms with E-state index in [9.17, 15) is 4.79 Å². The minimum absolute atomic E-state index is 0.0318. The number of aromatic nitrogens is 2. The SMILES string of the molecule is Cc1ccc(CNC(=O)CCc2nnc(-c3ccc(C)cc3)o2)cc1. The van der Waals surface area contributed by atoms with Crippen LogP contribution in [0.15, 0.2) is 52.9 Å². The third kappa shape index (κ3) is 4.76. The second-order valence-electron chi connectivity index (χ2n) is 6.13. The molecule has 0 bridgehead atoms. The van der Waals surface area contributed by atoms with Crippen LogP contribution < -0.4 is 5.32 Å². The third-order valence-corrected chi connectivity index (χ3v) is 3.94. The molecule has 5 heteroatoms. The maximum absolute atomic E-state index is 12.0. The molecule has 1 amide bonds. The Morgan fingerprint density at radius 2 is 1.60 bits per heavy atom. The molecule has 0 saturated heterocycles. The summed E-state index contributed by atoms with van der Waals surface area (Å²) in [5.74, 6) is 0.923. The van der Waals surface area contributed by atoms with E-state index in [4.69, 9.17) is 4.42 Å². The zero-order valence-electron chi connectivity index (χ0n) is 14.5. The van der Waals surface area contributed by atoms with Gasteiger partial charge in [0, 0.05) is 24.9 Å². The molecule has 1 aromatic heterocycles. The third-order valence-electron chi connectivity index (χ3n) is 3.94. The van der Waals surface area contributed by atoms with Crippen molar-refractivity contribution in [3.8, 4) is 11.5 Å². The van der Waals surface area contributed by atoms with Crippen LogP contribution in [-0.2, 0) is 17.8 Å². The maximum atomic E-state index is 12.0. The van der Waals surface area contributed by atoms with Crippen molar-refractivity contribution in [1.82, 2.24) is 15.5 Å². The van der Waals surface area contributed by atoms with Gasteiger partial charge >= 0.3 is 0 Å². The van der Waals surface area contributed by atoms with Gasteiger partial charge in [-0.15, -0.1) is 10.2 Å². The van der Waals surface area contributed by atoms with E-state index in [1.165, 1.54) is 11.1 Å². The monoisotopic (exact) mass is 335 g/mol. The fraction of sp³-hybridized carbons (Fsp3) is 0.250. The fourth-order valence-electron chi connectivity index (χ4n) is 2.38. The summed E-state index contributed by atoms with van der Waals surface area (Å²) >= 11 is 0. The average Bonchev–Trinajstić information content (AvgIpc) is 3.09. The summed E-state index contributed by atoms with van der Waals surface area (Å²) in [6.07, 6.45) is 0.750. The van der Waals surface area contributed by atoms with Gasteiger partial charge in [0.25, 0.3) is 0 Å². The van der Waals surface area contributed by atoms with Gasteiger partial charge in [0.1, 0.15) is 0 Å². The van der Waals surface area contributed by atoms with Crippen LogP contribution in [0.4, 0.5) is 0 Å². The lowest BCUT2D eigenvalue weighted by molar-refractivity contribution is -0.121. The highest BCUT2D eigenvalue weighted by Gasteiger charge is 2.10. The second-order valence-corrected chi connectivity index (χ2v) is 6.13. The lowest BCUT2D eigenvalue weighted by Crippen LogP contribution is -2.23.